The van der Waals surface area contributed by atoms with Gasteiger partial charge in [0.05, 0.1) is 13.7 Å². The normalized spacial score (nSPS) is 10.5. The molecule has 0 atom stereocenters. The van der Waals surface area contributed by atoms with Gasteiger partial charge in [-0.2, -0.15) is 0 Å². The van der Waals surface area contributed by atoms with Crippen molar-refractivity contribution in [1.82, 2.24) is 5.32 Å². The SMILES string of the molecule is CCOCc1cc(C(=O)NCCc2ccc(Cl)cc2)ccc1OC. The van der Waals surface area contributed by atoms with Crippen molar-refractivity contribution in [3.05, 3.63) is 64.2 Å². The fourth-order valence-electron chi connectivity index (χ4n) is 2.32. The average Bonchev–Trinajstić information content (AvgIpc) is 2.61. The van der Waals surface area contributed by atoms with Crippen molar-refractivity contribution in [2.45, 2.75) is 20.0 Å². The Morgan fingerprint density at radius 3 is 2.58 bits per heavy atom. The molecule has 0 fully saturated rings. The third-order valence-electron chi connectivity index (χ3n) is 3.62. The molecule has 24 heavy (non-hydrogen) atoms. The number of ether oxygens (including phenoxy) is 2. The smallest absolute Gasteiger partial charge is 0.251 e. The highest BCUT2D eigenvalue weighted by molar-refractivity contribution is 6.30. The van der Waals surface area contributed by atoms with E-state index in [1.807, 2.05) is 37.3 Å². The Balaban J connectivity index is 1.94. The molecule has 0 bridgehead atoms. The van der Waals surface area contributed by atoms with Gasteiger partial charge in [-0.05, 0) is 49.2 Å². The second kappa shape index (κ2) is 9.30. The molecule has 1 N–H and O–H groups in total. The van der Waals surface area contributed by atoms with Gasteiger partial charge in [-0.25, -0.2) is 0 Å². The van der Waals surface area contributed by atoms with Gasteiger partial charge < -0.3 is 14.8 Å². The van der Waals surface area contributed by atoms with Gasteiger partial charge in [0.25, 0.3) is 5.91 Å². The Morgan fingerprint density at radius 2 is 1.92 bits per heavy atom. The van der Waals surface area contributed by atoms with Gasteiger partial charge in [-0.3, -0.25) is 4.79 Å². The fraction of sp³-hybridized carbons (Fsp3) is 0.316. The van der Waals surface area contributed by atoms with Crippen LogP contribution in [0.5, 0.6) is 5.75 Å². The first-order valence-corrected chi connectivity index (χ1v) is 8.29. The van der Waals surface area contributed by atoms with E-state index in [4.69, 9.17) is 21.1 Å². The first kappa shape index (κ1) is 18.3. The summed E-state index contributed by atoms with van der Waals surface area (Å²) in [5.41, 5.74) is 2.60. The standard InChI is InChI=1S/C19H22ClNO3/c1-3-24-13-16-12-15(6-9-18(16)23-2)19(22)21-11-10-14-4-7-17(20)8-5-14/h4-9,12H,3,10-11,13H2,1-2H3,(H,21,22). The first-order valence-electron chi connectivity index (χ1n) is 7.91. The van der Waals surface area contributed by atoms with E-state index in [9.17, 15) is 4.79 Å². The van der Waals surface area contributed by atoms with Crippen LogP contribution in [0.3, 0.4) is 0 Å². The van der Waals surface area contributed by atoms with Crippen molar-refractivity contribution in [2.24, 2.45) is 0 Å². The highest BCUT2D eigenvalue weighted by Crippen LogP contribution is 2.21. The number of benzene rings is 2. The zero-order chi connectivity index (χ0) is 17.4. The molecule has 2 rings (SSSR count). The topological polar surface area (TPSA) is 47.6 Å². The average molecular weight is 348 g/mol. The third-order valence-corrected chi connectivity index (χ3v) is 3.87. The Labute approximate surface area is 147 Å². The molecule has 0 radical (unpaired) electrons. The van der Waals surface area contributed by atoms with Crippen LogP contribution in [-0.2, 0) is 17.8 Å². The van der Waals surface area contributed by atoms with Gasteiger partial charge in [0, 0.05) is 29.3 Å². The fourth-order valence-corrected chi connectivity index (χ4v) is 2.44. The van der Waals surface area contributed by atoms with Gasteiger partial charge >= 0.3 is 0 Å². The summed E-state index contributed by atoms with van der Waals surface area (Å²) in [7, 11) is 1.61. The van der Waals surface area contributed by atoms with E-state index in [1.165, 1.54) is 0 Å². The van der Waals surface area contributed by atoms with Crippen LogP contribution >= 0.6 is 11.6 Å². The summed E-state index contributed by atoms with van der Waals surface area (Å²) in [5, 5.41) is 3.64. The summed E-state index contributed by atoms with van der Waals surface area (Å²) in [6, 6.07) is 13.0. The summed E-state index contributed by atoms with van der Waals surface area (Å²) in [4.78, 5) is 12.3. The number of carbonyl (C=O) groups excluding carboxylic acids is 1. The molecule has 0 saturated carbocycles. The van der Waals surface area contributed by atoms with Crippen LogP contribution in [0.1, 0.15) is 28.4 Å². The van der Waals surface area contributed by atoms with Crippen LogP contribution < -0.4 is 10.1 Å². The first-order chi connectivity index (χ1) is 11.6. The summed E-state index contributed by atoms with van der Waals surface area (Å²) >= 11 is 5.86. The van der Waals surface area contributed by atoms with Crippen LogP contribution in [0.15, 0.2) is 42.5 Å². The van der Waals surface area contributed by atoms with Gasteiger partial charge in [0.2, 0.25) is 0 Å². The second-order valence-corrected chi connectivity index (χ2v) is 5.73. The minimum atomic E-state index is -0.107. The van der Waals surface area contributed by atoms with E-state index in [0.29, 0.717) is 30.3 Å². The van der Waals surface area contributed by atoms with Crippen LogP contribution in [0.4, 0.5) is 0 Å². The number of amides is 1. The van der Waals surface area contributed by atoms with Crippen molar-refractivity contribution >= 4 is 17.5 Å². The molecule has 0 aliphatic carbocycles. The Bertz CT molecular complexity index is 671. The molecule has 0 aliphatic heterocycles. The van der Waals surface area contributed by atoms with E-state index >= 15 is 0 Å². The molecule has 0 aliphatic rings. The molecule has 128 valence electrons. The molecule has 4 nitrogen and oxygen atoms in total. The van der Waals surface area contributed by atoms with Gasteiger partial charge in [-0.15, -0.1) is 0 Å². The van der Waals surface area contributed by atoms with Crippen molar-refractivity contribution in [3.8, 4) is 5.75 Å². The summed E-state index contributed by atoms with van der Waals surface area (Å²) in [5.74, 6) is 0.616. The second-order valence-electron chi connectivity index (χ2n) is 5.30. The lowest BCUT2D eigenvalue weighted by atomic mass is 10.1. The monoisotopic (exact) mass is 347 g/mol. The highest BCUT2D eigenvalue weighted by atomic mass is 35.5. The van der Waals surface area contributed by atoms with Gasteiger partial charge in [0.15, 0.2) is 0 Å². The number of nitrogens with one attached hydrogen (secondary N) is 1. The van der Waals surface area contributed by atoms with Crippen LogP contribution in [0.25, 0.3) is 0 Å². The highest BCUT2D eigenvalue weighted by Gasteiger charge is 2.10. The maximum atomic E-state index is 12.3. The summed E-state index contributed by atoms with van der Waals surface area (Å²) in [6.07, 6.45) is 0.755. The predicted molar refractivity (Wildman–Crippen MR) is 95.8 cm³/mol. The maximum absolute atomic E-state index is 12.3. The Hall–Kier alpha value is -2.04. The van der Waals surface area contributed by atoms with Crippen molar-refractivity contribution in [1.29, 1.82) is 0 Å². The number of halogens is 1. The lowest BCUT2D eigenvalue weighted by Crippen LogP contribution is -2.25. The van der Waals surface area contributed by atoms with Crippen molar-refractivity contribution in [2.75, 3.05) is 20.3 Å². The third kappa shape index (κ3) is 5.25. The number of hydrogen-bond donors (Lipinski definition) is 1. The molecule has 0 spiro atoms. The van der Waals surface area contributed by atoms with Crippen molar-refractivity contribution in [3.63, 3.8) is 0 Å². The lowest BCUT2D eigenvalue weighted by molar-refractivity contribution is 0.0953. The van der Waals surface area contributed by atoms with Crippen LogP contribution in [0, 0.1) is 0 Å². The number of carbonyl (C=O) groups is 1. The minimum absolute atomic E-state index is 0.107. The van der Waals surface area contributed by atoms with E-state index in [1.54, 1.807) is 19.2 Å². The van der Waals surface area contributed by atoms with E-state index in [2.05, 4.69) is 5.32 Å². The van der Waals surface area contributed by atoms with E-state index in [-0.39, 0.29) is 5.91 Å². The quantitative estimate of drug-likeness (QED) is 0.788. The molecule has 0 heterocycles. The lowest BCUT2D eigenvalue weighted by Gasteiger charge is -2.11. The molecule has 2 aromatic carbocycles. The van der Waals surface area contributed by atoms with Gasteiger partial charge in [-0.1, -0.05) is 23.7 Å². The molecule has 0 aromatic heterocycles. The molecular formula is C19H22ClNO3. The number of methoxy groups -OCH3 is 1. The minimum Gasteiger partial charge on any atom is -0.496 e. The van der Waals surface area contributed by atoms with Crippen LogP contribution in [0.2, 0.25) is 5.02 Å². The molecule has 0 unspecified atom stereocenters. The van der Waals surface area contributed by atoms with Crippen LogP contribution in [-0.4, -0.2) is 26.2 Å². The zero-order valence-corrected chi connectivity index (χ0v) is 14.7. The van der Waals surface area contributed by atoms with E-state index in [0.717, 1.165) is 23.3 Å². The van der Waals surface area contributed by atoms with Crippen molar-refractivity contribution < 1.29 is 14.3 Å². The number of rotatable bonds is 8. The van der Waals surface area contributed by atoms with Gasteiger partial charge in [0.1, 0.15) is 5.75 Å². The predicted octanol–water partition coefficient (Wildman–Crippen LogP) is 3.86. The summed E-state index contributed by atoms with van der Waals surface area (Å²) in [6.45, 7) is 3.53. The zero-order valence-electron chi connectivity index (χ0n) is 14.0. The Kier molecular flexibility index (Phi) is 7.09. The van der Waals surface area contributed by atoms with E-state index < -0.39 is 0 Å². The Morgan fingerprint density at radius 1 is 1.17 bits per heavy atom. The maximum Gasteiger partial charge on any atom is 0.251 e. The number of hydrogen-bond acceptors (Lipinski definition) is 3. The molecule has 2 aromatic rings. The molecular weight excluding hydrogens is 326 g/mol. The molecule has 1 amide bonds. The molecule has 5 heteroatoms. The molecule has 0 saturated heterocycles. The largest absolute Gasteiger partial charge is 0.496 e. The summed E-state index contributed by atoms with van der Waals surface area (Å²) < 4.78 is 10.7.